The van der Waals surface area contributed by atoms with E-state index in [0.717, 1.165) is 42.4 Å². The van der Waals surface area contributed by atoms with E-state index in [0.29, 0.717) is 30.4 Å². The molecule has 0 N–H and O–H groups in total. The maximum absolute atomic E-state index is 13.6. The number of rotatable bonds is 2. The fourth-order valence-electron chi connectivity index (χ4n) is 8.70. The molecule has 1 heterocycles. The van der Waals surface area contributed by atoms with Crippen LogP contribution >= 0.6 is 0 Å². The van der Waals surface area contributed by atoms with E-state index in [1.807, 2.05) is 19.1 Å². The average molecular weight is 458 g/mol. The SMILES string of the molecule is CC(=O)c1ccc([C@H]2C[C@@]3(C)[C@@H](CCC34C(=O)CC(C)=[N+]4[O-])[C@@H]3CCC4=CCCCC4=C32)cc1. The lowest BCUT2D eigenvalue weighted by molar-refractivity contribution is -0.546. The van der Waals surface area contributed by atoms with Crippen LogP contribution in [0.5, 0.6) is 0 Å². The van der Waals surface area contributed by atoms with Gasteiger partial charge < -0.3 is 5.21 Å². The lowest BCUT2D eigenvalue weighted by atomic mass is 9.50. The summed E-state index contributed by atoms with van der Waals surface area (Å²) in [6.07, 6.45) is 11.0. The molecule has 6 rings (SSSR count). The minimum absolute atomic E-state index is 0.0802. The van der Waals surface area contributed by atoms with E-state index in [-0.39, 0.29) is 22.9 Å². The highest BCUT2D eigenvalue weighted by atomic mass is 16.5. The van der Waals surface area contributed by atoms with Crippen molar-refractivity contribution in [2.75, 3.05) is 0 Å². The third kappa shape index (κ3) is 2.74. The highest BCUT2D eigenvalue weighted by molar-refractivity contribution is 6.07. The van der Waals surface area contributed by atoms with Gasteiger partial charge in [0.2, 0.25) is 11.3 Å². The van der Waals surface area contributed by atoms with E-state index < -0.39 is 5.54 Å². The minimum Gasteiger partial charge on any atom is -0.623 e. The number of carbonyl (C=O) groups is 2. The number of benzene rings is 1. The maximum atomic E-state index is 13.6. The second-order valence-corrected chi connectivity index (χ2v) is 11.7. The quantitative estimate of drug-likeness (QED) is 0.298. The van der Waals surface area contributed by atoms with Crippen molar-refractivity contribution >= 4 is 17.3 Å². The van der Waals surface area contributed by atoms with Gasteiger partial charge in [-0.25, -0.2) is 0 Å². The van der Waals surface area contributed by atoms with Gasteiger partial charge in [-0.05, 0) is 80.4 Å². The molecule has 0 bridgehead atoms. The first-order valence-electron chi connectivity index (χ1n) is 13.1. The van der Waals surface area contributed by atoms with Crippen LogP contribution in [-0.2, 0) is 4.79 Å². The number of hydroxylamine groups is 1. The molecule has 1 aliphatic heterocycles. The highest BCUT2D eigenvalue weighted by Crippen LogP contribution is 2.68. The van der Waals surface area contributed by atoms with Crippen LogP contribution in [0.3, 0.4) is 0 Å². The van der Waals surface area contributed by atoms with Crippen LogP contribution in [0.25, 0.3) is 0 Å². The van der Waals surface area contributed by atoms with Crippen LogP contribution in [0.2, 0.25) is 0 Å². The molecule has 178 valence electrons. The van der Waals surface area contributed by atoms with Gasteiger partial charge in [0.05, 0.1) is 6.42 Å². The Morgan fingerprint density at radius 2 is 1.91 bits per heavy atom. The van der Waals surface area contributed by atoms with Gasteiger partial charge in [-0.3, -0.25) is 9.59 Å². The van der Waals surface area contributed by atoms with Gasteiger partial charge >= 0.3 is 0 Å². The van der Waals surface area contributed by atoms with Gasteiger partial charge in [-0.2, -0.15) is 4.74 Å². The Morgan fingerprint density at radius 3 is 2.59 bits per heavy atom. The summed E-state index contributed by atoms with van der Waals surface area (Å²) in [5.41, 5.74) is 6.11. The molecule has 5 aliphatic rings. The Balaban J connectivity index is 1.54. The number of nitrogens with zero attached hydrogens (tertiary/aromatic N) is 1. The molecule has 4 heteroatoms. The molecule has 2 fully saturated rings. The summed E-state index contributed by atoms with van der Waals surface area (Å²) in [6, 6.07) is 8.16. The van der Waals surface area contributed by atoms with Crippen LogP contribution in [-0.4, -0.2) is 27.6 Å². The van der Waals surface area contributed by atoms with Crippen molar-refractivity contribution in [3.8, 4) is 0 Å². The molecule has 0 radical (unpaired) electrons. The molecule has 1 aromatic rings. The molecule has 0 amide bonds. The number of allylic oxidation sites excluding steroid dienone is 4. The Hall–Kier alpha value is -2.49. The Labute approximate surface area is 202 Å². The van der Waals surface area contributed by atoms with E-state index in [1.165, 1.54) is 18.4 Å². The predicted octanol–water partition coefficient (Wildman–Crippen LogP) is 6.29. The summed E-state index contributed by atoms with van der Waals surface area (Å²) in [6.45, 7) is 5.71. The van der Waals surface area contributed by atoms with Gasteiger partial charge in [0, 0.05) is 30.2 Å². The first-order chi connectivity index (χ1) is 16.3. The summed E-state index contributed by atoms with van der Waals surface area (Å²) in [5, 5.41) is 13.6. The van der Waals surface area contributed by atoms with Crippen LogP contribution in [0.1, 0.15) is 100 Å². The summed E-state index contributed by atoms with van der Waals surface area (Å²) in [4.78, 5) is 25.4. The van der Waals surface area contributed by atoms with Gasteiger partial charge in [0.25, 0.3) is 0 Å². The number of Topliss-reactive ketones (excluding diaryl/α,β-unsaturated/α-hetero) is 2. The minimum atomic E-state index is -0.905. The molecular formula is C30H35NO3. The smallest absolute Gasteiger partial charge is 0.236 e. The first-order valence-corrected chi connectivity index (χ1v) is 13.1. The predicted molar refractivity (Wildman–Crippen MR) is 133 cm³/mol. The van der Waals surface area contributed by atoms with Crippen molar-refractivity contribution in [2.45, 2.75) is 90.0 Å². The molecule has 4 nitrogen and oxygen atoms in total. The van der Waals surface area contributed by atoms with E-state index in [2.05, 4.69) is 25.1 Å². The fraction of sp³-hybridized carbons (Fsp3) is 0.567. The highest BCUT2D eigenvalue weighted by Gasteiger charge is 2.73. The van der Waals surface area contributed by atoms with Gasteiger partial charge in [-0.15, -0.1) is 0 Å². The monoisotopic (exact) mass is 457 g/mol. The second-order valence-electron chi connectivity index (χ2n) is 11.7. The third-order valence-corrected chi connectivity index (χ3v) is 10.2. The van der Waals surface area contributed by atoms with Gasteiger partial charge in [0.15, 0.2) is 11.5 Å². The normalized spacial score (nSPS) is 37.0. The van der Waals surface area contributed by atoms with Gasteiger partial charge in [0.1, 0.15) is 0 Å². The van der Waals surface area contributed by atoms with Crippen LogP contribution in [0.15, 0.2) is 47.1 Å². The summed E-state index contributed by atoms with van der Waals surface area (Å²) in [5.74, 6) is 1.22. The number of carbonyl (C=O) groups excluding carboxylic acids is 2. The van der Waals surface area contributed by atoms with Crippen LogP contribution < -0.4 is 0 Å². The molecule has 0 saturated heterocycles. The van der Waals surface area contributed by atoms with Crippen molar-refractivity contribution in [2.24, 2.45) is 17.3 Å². The summed E-state index contributed by atoms with van der Waals surface area (Å²) in [7, 11) is 0. The van der Waals surface area contributed by atoms with Gasteiger partial charge in [-0.1, -0.05) is 42.8 Å². The van der Waals surface area contributed by atoms with E-state index >= 15 is 0 Å². The number of hydrogen-bond acceptors (Lipinski definition) is 3. The molecule has 1 spiro atoms. The maximum Gasteiger partial charge on any atom is 0.236 e. The van der Waals surface area contributed by atoms with Crippen molar-refractivity contribution in [1.29, 1.82) is 0 Å². The zero-order valence-electron chi connectivity index (χ0n) is 20.7. The van der Waals surface area contributed by atoms with Crippen molar-refractivity contribution < 1.29 is 14.3 Å². The van der Waals surface area contributed by atoms with E-state index in [4.69, 9.17) is 0 Å². The summed E-state index contributed by atoms with van der Waals surface area (Å²) < 4.78 is 1.14. The van der Waals surface area contributed by atoms with Crippen LogP contribution in [0.4, 0.5) is 0 Å². The zero-order chi connectivity index (χ0) is 23.8. The fourth-order valence-corrected chi connectivity index (χ4v) is 8.70. The van der Waals surface area contributed by atoms with Crippen molar-refractivity contribution in [3.05, 3.63) is 63.4 Å². The molecule has 1 unspecified atom stereocenters. The number of fused-ring (bicyclic) bond motifs is 5. The largest absolute Gasteiger partial charge is 0.623 e. The summed E-state index contributed by atoms with van der Waals surface area (Å²) >= 11 is 0. The van der Waals surface area contributed by atoms with E-state index in [9.17, 15) is 14.8 Å². The van der Waals surface area contributed by atoms with Crippen molar-refractivity contribution in [1.82, 2.24) is 0 Å². The second kappa shape index (κ2) is 7.50. The zero-order valence-corrected chi connectivity index (χ0v) is 20.7. The Bertz CT molecular complexity index is 1190. The number of ketones is 2. The Morgan fingerprint density at radius 1 is 1.15 bits per heavy atom. The molecule has 2 saturated carbocycles. The first kappa shape index (κ1) is 22.0. The van der Waals surface area contributed by atoms with Crippen molar-refractivity contribution in [3.63, 3.8) is 0 Å². The average Bonchev–Trinajstić information content (AvgIpc) is 3.27. The third-order valence-electron chi connectivity index (χ3n) is 10.2. The molecule has 34 heavy (non-hydrogen) atoms. The number of hydrogen-bond donors (Lipinski definition) is 0. The molecule has 5 atom stereocenters. The molecule has 4 aliphatic carbocycles. The topological polar surface area (TPSA) is 60.2 Å². The lowest BCUT2D eigenvalue weighted by Crippen LogP contribution is -2.58. The van der Waals surface area contributed by atoms with E-state index in [1.54, 1.807) is 23.6 Å². The molecular weight excluding hydrogens is 422 g/mol. The Kier molecular flexibility index (Phi) is 4.86. The molecule has 1 aromatic carbocycles. The van der Waals surface area contributed by atoms with Crippen LogP contribution in [0, 0.1) is 22.5 Å². The standard InChI is InChI=1S/C30H35NO3/c1-18-16-27(33)30(31(18)34)15-14-26-24-13-12-21-6-4-5-7-23(21)28(24)25(17-29(26,30)3)22-10-8-20(9-11-22)19(2)32/h6,8-11,24-26H,4-5,7,12-17H2,1-3H3/t24-,25+,26-,29-,30?/m0/s1. The lowest BCUT2D eigenvalue weighted by Gasteiger charge is -2.53. The molecule has 0 aromatic heterocycles.